The fourth-order valence-corrected chi connectivity index (χ4v) is 2.11. The second kappa shape index (κ2) is 9.38. The topological polar surface area (TPSA) is 93.7 Å². The number of benzene rings is 2. The number of hydrogen-bond acceptors (Lipinski definition) is 5. The van der Waals surface area contributed by atoms with E-state index in [0.717, 1.165) is 11.1 Å². The van der Waals surface area contributed by atoms with Gasteiger partial charge in [0.05, 0.1) is 0 Å². The first-order valence-corrected chi connectivity index (χ1v) is 8.41. The minimum absolute atomic E-state index is 0.323. The maximum absolute atomic E-state index is 11.9. The highest BCUT2D eigenvalue weighted by molar-refractivity contribution is 5.95. The Balaban J connectivity index is 1.75. The van der Waals surface area contributed by atoms with Gasteiger partial charge in [-0.2, -0.15) is 0 Å². The first kappa shape index (κ1) is 20.0. The fraction of sp³-hybridized carbons (Fsp3) is 0.250. The molecule has 0 fully saturated rings. The zero-order valence-electron chi connectivity index (χ0n) is 15.4. The molecule has 0 aromatic heterocycles. The molecule has 2 aromatic carbocycles. The molecule has 0 spiro atoms. The lowest BCUT2D eigenvalue weighted by molar-refractivity contribution is -0.156. The molecule has 0 unspecified atom stereocenters. The van der Waals surface area contributed by atoms with Crippen molar-refractivity contribution in [1.29, 1.82) is 0 Å². The largest absolute Gasteiger partial charge is 0.482 e. The lowest BCUT2D eigenvalue weighted by Gasteiger charge is -2.14. The van der Waals surface area contributed by atoms with Crippen LogP contribution >= 0.6 is 0 Å². The molecule has 0 aliphatic heterocycles. The summed E-state index contributed by atoms with van der Waals surface area (Å²) in [7, 11) is 0. The Morgan fingerprint density at radius 3 is 2.33 bits per heavy atom. The first-order chi connectivity index (χ1) is 12.9. The van der Waals surface area contributed by atoms with Crippen LogP contribution in [0.2, 0.25) is 0 Å². The molecule has 0 radical (unpaired) electrons. The smallest absolute Gasteiger partial charge is 0.344 e. The molecule has 27 heavy (non-hydrogen) atoms. The molecule has 2 rings (SSSR count). The third-order valence-corrected chi connectivity index (χ3v) is 3.85. The summed E-state index contributed by atoms with van der Waals surface area (Å²) in [6.07, 6.45) is -1.09. The van der Waals surface area contributed by atoms with Crippen molar-refractivity contribution >= 4 is 17.8 Å². The maximum atomic E-state index is 11.9. The summed E-state index contributed by atoms with van der Waals surface area (Å²) in [6.45, 7) is 5.00. The summed E-state index contributed by atoms with van der Waals surface area (Å²) in [5.41, 5.74) is 7.03. The number of hydrogen-bond donors (Lipinski definition) is 2. The lowest BCUT2D eigenvalue weighted by atomic mass is 10.1. The zero-order valence-corrected chi connectivity index (χ0v) is 15.4. The Morgan fingerprint density at radius 1 is 0.963 bits per heavy atom. The molecule has 0 saturated carbocycles. The van der Waals surface area contributed by atoms with E-state index in [4.69, 9.17) is 9.47 Å². The van der Waals surface area contributed by atoms with Crippen molar-refractivity contribution in [3.63, 3.8) is 0 Å². The fourth-order valence-electron chi connectivity index (χ4n) is 2.11. The van der Waals surface area contributed by atoms with Crippen molar-refractivity contribution in [2.45, 2.75) is 26.9 Å². The SMILES string of the molecule is Cc1ccc(OCC(=O)O[C@@H](C)C(=O)NNC(=O)c2ccccc2)cc1C. The van der Waals surface area contributed by atoms with Gasteiger partial charge in [0, 0.05) is 5.56 Å². The number of aryl methyl sites for hydroxylation is 2. The molecule has 2 amide bonds. The van der Waals surface area contributed by atoms with Crippen molar-refractivity contribution in [1.82, 2.24) is 10.9 Å². The number of ether oxygens (including phenoxy) is 2. The van der Waals surface area contributed by atoms with Crippen molar-refractivity contribution in [3.05, 3.63) is 65.2 Å². The van der Waals surface area contributed by atoms with Crippen molar-refractivity contribution < 1.29 is 23.9 Å². The van der Waals surface area contributed by atoms with Crippen LogP contribution in [0.1, 0.15) is 28.4 Å². The van der Waals surface area contributed by atoms with Crippen LogP contribution in [-0.4, -0.2) is 30.5 Å². The second-order valence-corrected chi connectivity index (χ2v) is 5.98. The lowest BCUT2D eigenvalue weighted by Crippen LogP contribution is -2.47. The molecular weight excluding hydrogens is 348 g/mol. The van der Waals surface area contributed by atoms with Crippen LogP contribution < -0.4 is 15.6 Å². The highest BCUT2D eigenvalue weighted by atomic mass is 16.6. The van der Waals surface area contributed by atoms with Crippen molar-refractivity contribution in [2.24, 2.45) is 0 Å². The van der Waals surface area contributed by atoms with Gasteiger partial charge in [0.2, 0.25) is 0 Å². The number of nitrogens with one attached hydrogen (secondary N) is 2. The van der Waals surface area contributed by atoms with E-state index in [1.54, 1.807) is 36.4 Å². The molecule has 1 atom stereocenters. The molecule has 0 aliphatic rings. The summed E-state index contributed by atoms with van der Waals surface area (Å²) < 4.78 is 10.4. The van der Waals surface area contributed by atoms with Gasteiger partial charge >= 0.3 is 5.97 Å². The van der Waals surface area contributed by atoms with Crippen molar-refractivity contribution in [3.8, 4) is 5.75 Å². The van der Waals surface area contributed by atoms with Gasteiger partial charge in [0.1, 0.15) is 5.75 Å². The molecular formula is C20H22N2O5. The van der Waals surface area contributed by atoms with E-state index in [1.807, 2.05) is 26.0 Å². The molecule has 0 aliphatic carbocycles. The molecule has 7 nitrogen and oxygen atoms in total. The molecule has 7 heteroatoms. The molecule has 0 heterocycles. The predicted octanol–water partition coefficient (Wildman–Crippen LogP) is 2.08. The van der Waals surface area contributed by atoms with Gasteiger partial charge in [-0.15, -0.1) is 0 Å². The molecule has 142 valence electrons. The first-order valence-electron chi connectivity index (χ1n) is 8.41. The molecule has 0 bridgehead atoms. The monoisotopic (exact) mass is 370 g/mol. The van der Waals surface area contributed by atoms with Gasteiger partial charge in [0.25, 0.3) is 11.8 Å². The van der Waals surface area contributed by atoms with Crippen LogP contribution in [0.3, 0.4) is 0 Å². The van der Waals surface area contributed by atoms with Crippen LogP contribution in [-0.2, 0) is 14.3 Å². The van der Waals surface area contributed by atoms with Gasteiger partial charge in [-0.05, 0) is 56.2 Å². The quantitative estimate of drug-likeness (QED) is 0.600. The highest BCUT2D eigenvalue weighted by Crippen LogP contribution is 2.16. The Hall–Kier alpha value is -3.35. The normalized spacial score (nSPS) is 11.2. The second-order valence-electron chi connectivity index (χ2n) is 5.98. The minimum atomic E-state index is -1.09. The zero-order chi connectivity index (χ0) is 19.8. The standard InChI is InChI=1S/C20H22N2O5/c1-13-9-10-17(11-14(13)2)26-12-18(23)27-15(3)19(24)21-22-20(25)16-7-5-4-6-8-16/h4-11,15H,12H2,1-3H3,(H,21,24)(H,22,25)/t15-/m0/s1. The molecule has 2 aromatic rings. The van der Waals surface area contributed by atoms with Crippen LogP contribution in [0.5, 0.6) is 5.75 Å². The average molecular weight is 370 g/mol. The highest BCUT2D eigenvalue weighted by Gasteiger charge is 2.19. The summed E-state index contributed by atoms with van der Waals surface area (Å²) in [5, 5.41) is 0. The third kappa shape index (κ3) is 6.14. The minimum Gasteiger partial charge on any atom is -0.482 e. The van der Waals surface area contributed by atoms with Crippen LogP contribution in [0.15, 0.2) is 48.5 Å². The summed E-state index contributed by atoms with van der Waals surface area (Å²) in [6, 6.07) is 13.9. The third-order valence-electron chi connectivity index (χ3n) is 3.85. The molecule has 0 saturated heterocycles. The van der Waals surface area contributed by atoms with E-state index in [2.05, 4.69) is 10.9 Å². The summed E-state index contributed by atoms with van der Waals surface area (Å²) in [5.74, 6) is -1.27. The van der Waals surface area contributed by atoms with E-state index in [1.165, 1.54) is 6.92 Å². The van der Waals surface area contributed by atoms with Crippen LogP contribution in [0.4, 0.5) is 0 Å². The average Bonchev–Trinajstić information content (AvgIpc) is 2.67. The number of carbonyl (C=O) groups excluding carboxylic acids is 3. The number of esters is 1. The van der Waals surface area contributed by atoms with E-state index >= 15 is 0 Å². The van der Waals surface area contributed by atoms with Crippen LogP contribution in [0.25, 0.3) is 0 Å². The summed E-state index contributed by atoms with van der Waals surface area (Å²) >= 11 is 0. The molecule has 2 N–H and O–H groups in total. The van der Waals surface area contributed by atoms with Crippen LogP contribution in [0, 0.1) is 13.8 Å². The maximum Gasteiger partial charge on any atom is 0.344 e. The van der Waals surface area contributed by atoms with Gasteiger partial charge in [-0.1, -0.05) is 24.3 Å². The van der Waals surface area contributed by atoms with E-state index in [0.29, 0.717) is 11.3 Å². The number of hydrazine groups is 1. The predicted molar refractivity (Wildman–Crippen MR) is 99.0 cm³/mol. The van der Waals surface area contributed by atoms with Gasteiger partial charge in [0.15, 0.2) is 12.7 Å². The van der Waals surface area contributed by atoms with Gasteiger partial charge in [-0.25, -0.2) is 4.79 Å². The van der Waals surface area contributed by atoms with E-state index in [9.17, 15) is 14.4 Å². The number of rotatable bonds is 6. The Bertz CT molecular complexity index is 820. The van der Waals surface area contributed by atoms with E-state index in [-0.39, 0.29) is 6.61 Å². The Kier molecular flexibility index (Phi) is 6.93. The van der Waals surface area contributed by atoms with Crippen molar-refractivity contribution in [2.75, 3.05) is 6.61 Å². The Morgan fingerprint density at radius 2 is 1.67 bits per heavy atom. The van der Waals surface area contributed by atoms with Gasteiger partial charge in [-0.3, -0.25) is 20.4 Å². The number of carbonyl (C=O) groups is 3. The Labute approximate surface area is 157 Å². The van der Waals surface area contributed by atoms with E-state index < -0.39 is 23.9 Å². The number of amides is 2. The summed E-state index contributed by atoms with van der Waals surface area (Å²) in [4.78, 5) is 35.6. The van der Waals surface area contributed by atoms with Gasteiger partial charge < -0.3 is 9.47 Å².